The minimum Gasteiger partial charge on any atom is -0.262 e. The van der Waals surface area contributed by atoms with Crippen LogP contribution in [0.25, 0.3) is 0 Å². The predicted octanol–water partition coefficient (Wildman–Crippen LogP) is 2.71. The molecule has 0 fully saturated rings. The van der Waals surface area contributed by atoms with Gasteiger partial charge in [0.05, 0.1) is 10.6 Å². The molecule has 1 N–H and O–H groups in total. The second-order valence-electron chi connectivity index (χ2n) is 4.82. The predicted molar refractivity (Wildman–Crippen MR) is 78.1 cm³/mol. The summed E-state index contributed by atoms with van der Waals surface area (Å²) in [6.07, 6.45) is 3.03. The molecule has 0 amide bonds. The maximum atomic E-state index is 12.4. The zero-order valence-electron chi connectivity index (χ0n) is 11.7. The highest BCUT2D eigenvalue weighted by Crippen LogP contribution is 2.23. The van der Waals surface area contributed by atoms with Crippen LogP contribution in [0.15, 0.2) is 41.6 Å². The maximum Gasteiger partial charge on any atom is 0.263 e. The lowest BCUT2D eigenvalue weighted by Crippen LogP contribution is -2.17. The fraction of sp³-hybridized carbons (Fsp3) is 0.286. The van der Waals surface area contributed by atoms with Crippen LogP contribution in [0.2, 0.25) is 0 Å². The van der Waals surface area contributed by atoms with Gasteiger partial charge in [-0.05, 0) is 24.5 Å². The molecule has 0 spiro atoms. The van der Waals surface area contributed by atoms with Crippen molar-refractivity contribution in [3.05, 3.63) is 47.9 Å². The Morgan fingerprint density at radius 1 is 1.10 bits per heavy atom. The summed E-state index contributed by atoms with van der Waals surface area (Å²) in [6.45, 7) is 5.64. The molecule has 0 bridgehead atoms. The Hall–Kier alpha value is -1.95. The largest absolute Gasteiger partial charge is 0.263 e. The molecule has 0 saturated carbocycles. The van der Waals surface area contributed by atoms with Gasteiger partial charge in [-0.2, -0.15) is 0 Å². The zero-order chi connectivity index (χ0) is 14.8. The summed E-state index contributed by atoms with van der Waals surface area (Å²) in [5, 5.41) is 0. The number of aryl methyl sites for hydroxylation is 1. The lowest BCUT2D eigenvalue weighted by atomic mass is 10.1. The monoisotopic (exact) mass is 291 g/mol. The highest BCUT2D eigenvalue weighted by Gasteiger charge is 2.20. The van der Waals surface area contributed by atoms with E-state index in [1.165, 1.54) is 6.20 Å². The van der Waals surface area contributed by atoms with Gasteiger partial charge in [0, 0.05) is 12.4 Å². The minimum atomic E-state index is -3.65. The maximum absolute atomic E-state index is 12.4. The number of benzene rings is 1. The second-order valence-corrected chi connectivity index (χ2v) is 6.47. The summed E-state index contributed by atoms with van der Waals surface area (Å²) in [5.74, 6) is 0.365. The molecule has 0 saturated heterocycles. The lowest BCUT2D eigenvalue weighted by molar-refractivity contribution is 0.600. The molecule has 2 aromatic rings. The molecule has 0 radical (unpaired) electrons. The van der Waals surface area contributed by atoms with E-state index in [1.807, 2.05) is 13.8 Å². The minimum absolute atomic E-state index is 0.0817. The number of hydrogen-bond acceptors (Lipinski definition) is 4. The fourth-order valence-corrected chi connectivity index (χ4v) is 3.16. The highest BCUT2D eigenvalue weighted by atomic mass is 32.2. The molecule has 106 valence electrons. The van der Waals surface area contributed by atoms with Gasteiger partial charge in [0.25, 0.3) is 10.0 Å². The van der Waals surface area contributed by atoms with Gasteiger partial charge >= 0.3 is 0 Å². The molecule has 0 aliphatic rings. The van der Waals surface area contributed by atoms with Crippen LogP contribution in [0.4, 0.5) is 5.82 Å². The van der Waals surface area contributed by atoms with Crippen LogP contribution in [0.1, 0.15) is 31.0 Å². The lowest BCUT2D eigenvalue weighted by Gasteiger charge is -2.13. The molecule has 1 aromatic heterocycles. The van der Waals surface area contributed by atoms with E-state index in [4.69, 9.17) is 0 Å². The Labute approximate surface area is 119 Å². The third-order valence-corrected chi connectivity index (χ3v) is 4.39. The summed E-state index contributed by atoms with van der Waals surface area (Å²) in [6, 6.07) is 6.83. The van der Waals surface area contributed by atoms with Crippen molar-refractivity contribution in [1.29, 1.82) is 0 Å². The van der Waals surface area contributed by atoms with E-state index in [1.54, 1.807) is 37.4 Å². The molecule has 1 heterocycles. The Bertz CT molecular complexity index is 712. The number of aromatic nitrogens is 2. The SMILES string of the molecule is Cc1ccccc1S(=O)(=O)Nc1nccnc1C(C)C. The summed E-state index contributed by atoms with van der Waals surface area (Å²) < 4.78 is 27.4. The van der Waals surface area contributed by atoms with Gasteiger partial charge in [-0.1, -0.05) is 32.0 Å². The first kappa shape index (κ1) is 14.5. The van der Waals surface area contributed by atoms with Crippen LogP contribution in [0.3, 0.4) is 0 Å². The number of anilines is 1. The van der Waals surface area contributed by atoms with Crippen molar-refractivity contribution in [2.45, 2.75) is 31.6 Å². The molecule has 0 atom stereocenters. The van der Waals surface area contributed by atoms with Gasteiger partial charge in [0.1, 0.15) is 0 Å². The zero-order valence-corrected chi connectivity index (χ0v) is 12.5. The van der Waals surface area contributed by atoms with Crippen LogP contribution >= 0.6 is 0 Å². The van der Waals surface area contributed by atoms with E-state index >= 15 is 0 Å². The van der Waals surface area contributed by atoms with Crippen molar-refractivity contribution >= 4 is 15.8 Å². The smallest absolute Gasteiger partial charge is 0.262 e. The van der Waals surface area contributed by atoms with Crippen LogP contribution in [0.5, 0.6) is 0 Å². The Kier molecular flexibility index (Phi) is 4.04. The van der Waals surface area contributed by atoms with Crippen LogP contribution in [0, 0.1) is 6.92 Å². The molecular weight excluding hydrogens is 274 g/mol. The van der Waals surface area contributed by atoms with Gasteiger partial charge in [-0.15, -0.1) is 0 Å². The van der Waals surface area contributed by atoms with Crippen molar-refractivity contribution < 1.29 is 8.42 Å². The topological polar surface area (TPSA) is 72.0 Å². The fourth-order valence-electron chi connectivity index (χ4n) is 1.89. The average Bonchev–Trinajstić information content (AvgIpc) is 2.39. The van der Waals surface area contributed by atoms with Gasteiger partial charge < -0.3 is 0 Å². The summed E-state index contributed by atoms with van der Waals surface area (Å²) in [7, 11) is -3.65. The molecule has 6 heteroatoms. The molecule has 1 aromatic carbocycles. The number of rotatable bonds is 4. The summed E-state index contributed by atoms with van der Waals surface area (Å²) in [4.78, 5) is 8.53. The van der Waals surface area contributed by atoms with Crippen LogP contribution in [-0.4, -0.2) is 18.4 Å². The van der Waals surface area contributed by atoms with Crippen molar-refractivity contribution in [2.75, 3.05) is 4.72 Å². The van der Waals surface area contributed by atoms with E-state index in [0.717, 1.165) is 0 Å². The molecule has 5 nitrogen and oxygen atoms in total. The first-order valence-corrected chi connectivity index (χ1v) is 7.79. The Morgan fingerprint density at radius 2 is 1.75 bits per heavy atom. The third-order valence-electron chi connectivity index (χ3n) is 2.89. The molecule has 0 aliphatic heterocycles. The number of sulfonamides is 1. The Morgan fingerprint density at radius 3 is 2.40 bits per heavy atom. The van der Waals surface area contributed by atoms with Crippen molar-refractivity contribution in [2.24, 2.45) is 0 Å². The van der Waals surface area contributed by atoms with Crippen molar-refractivity contribution in [1.82, 2.24) is 9.97 Å². The second kappa shape index (κ2) is 5.58. The number of nitrogens with one attached hydrogen (secondary N) is 1. The number of nitrogens with zero attached hydrogens (tertiary/aromatic N) is 2. The van der Waals surface area contributed by atoms with Gasteiger partial charge in [-0.3, -0.25) is 9.71 Å². The van der Waals surface area contributed by atoms with Crippen molar-refractivity contribution in [3.63, 3.8) is 0 Å². The van der Waals surface area contributed by atoms with Crippen LogP contribution < -0.4 is 4.72 Å². The van der Waals surface area contributed by atoms with Gasteiger partial charge in [0.2, 0.25) is 0 Å². The standard InChI is InChI=1S/C14H17N3O2S/c1-10(2)13-14(16-9-8-15-13)17-20(18,19)12-7-5-4-6-11(12)3/h4-10H,1-3H3,(H,16,17). The normalized spacial score (nSPS) is 11.6. The first-order chi connectivity index (χ1) is 9.42. The molecule has 2 rings (SSSR count). The third kappa shape index (κ3) is 2.96. The van der Waals surface area contributed by atoms with E-state index < -0.39 is 10.0 Å². The van der Waals surface area contributed by atoms with Gasteiger partial charge in [-0.25, -0.2) is 13.4 Å². The molecule has 20 heavy (non-hydrogen) atoms. The Balaban J connectivity index is 2.42. The summed E-state index contributed by atoms with van der Waals surface area (Å²) in [5.41, 5.74) is 1.32. The first-order valence-electron chi connectivity index (χ1n) is 6.31. The molecular formula is C14H17N3O2S. The number of hydrogen-bond donors (Lipinski definition) is 1. The molecule has 0 unspecified atom stereocenters. The highest BCUT2D eigenvalue weighted by molar-refractivity contribution is 7.92. The van der Waals surface area contributed by atoms with E-state index in [0.29, 0.717) is 11.3 Å². The quantitative estimate of drug-likeness (QED) is 0.940. The van der Waals surface area contributed by atoms with E-state index in [-0.39, 0.29) is 16.6 Å². The molecule has 0 aliphatic carbocycles. The van der Waals surface area contributed by atoms with E-state index in [2.05, 4.69) is 14.7 Å². The van der Waals surface area contributed by atoms with E-state index in [9.17, 15) is 8.42 Å². The summed E-state index contributed by atoms with van der Waals surface area (Å²) >= 11 is 0. The van der Waals surface area contributed by atoms with Crippen molar-refractivity contribution in [3.8, 4) is 0 Å². The van der Waals surface area contributed by atoms with Gasteiger partial charge in [0.15, 0.2) is 5.82 Å². The van der Waals surface area contributed by atoms with Crippen LogP contribution in [-0.2, 0) is 10.0 Å². The average molecular weight is 291 g/mol.